The zero-order valence-electron chi connectivity index (χ0n) is 14.9. The first-order chi connectivity index (χ1) is 11.2. The smallest absolute Gasteiger partial charge is 0.274 e. The summed E-state index contributed by atoms with van der Waals surface area (Å²) in [6.45, 7) is 4.73. The molecule has 0 aliphatic heterocycles. The van der Waals surface area contributed by atoms with Gasteiger partial charge in [-0.15, -0.1) is 0 Å². The van der Waals surface area contributed by atoms with Gasteiger partial charge in [0.1, 0.15) is 0 Å². The first-order valence-electron chi connectivity index (χ1n) is 7.83. The summed E-state index contributed by atoms with van der Waals surface area (Å²) in [5.41, 5.74) is 0. The maximum absolute atomic E-state index is 11.9. The second-order valence-corrected chi connectivity index (χ2v) is 10.1. The van der Waals surface area contributed by atoms with Gasteiger partial charge in [0.25, 0.3) is 0 Å². The number of nitrogens with one attached hydrogen (secondary N) is 3. The normalized spacial score (nSPS) is 21.9. The van der Waals surface area contributed by atoms with Crippen LogP contribution < -0.4 is 14.2 Å². The minimum absolute atomic E-state index is 0.0893. The maximum atomic E-state index is 11.9. The Labute approximate surface area is 149 Å². The third kappa shape index (κ3) is 6.88. The standard InChI is InChI=1S/C13H26N4O6S2/c1-8(2)12(18)15-24(20,21)14-11-7-10(11)6-9(3)13(19)16-25(22,23)17(4)5/h8-11,14H,6-7H2,1-5H3,(H,15,18)(H,16,19). The lowest BCUT2D eigenvalue weighted by molar-refractivity contribution is -0.123. The van der Waals surface area contributed by atoms with Crippen LogP contribution in [0.4, 0.5) is 0 Å². The lowest BCUT2D eigenvalue weighted by Crippen LogP contribution is -2.43. The van der Waals surface area contributed by atoms with Crippen molar-refractivity contribution in [1.29, 1.82) is 0 Å². The maximum Gasteiger partial charge on any atom is 0.303 e. The molecule has 1 aliphatic rings. The van der Waals surface area contributed by atoms with Gasteiger partial charge in [-0.2, -0.15) is 25.9 Å². The van der Waals surface area contributed by atoms with Crippen molar-refractivity contribution in [2.24, 2.45) is 17.8 Å². The van der Waals surface area contributed by atoms with Crippen LogP contribution in [0.2, 0.25) is 0 Å². The Morgan fingerprint density at radius 3 is 2.08 bits per heavy atom. The summed E-state index contributed by atoms with van der Waals surface area (Å²) >= 11 is 0. The van der Waals surface area contributed by atoms with Gasteiger partial charge in [-0.1, -0.05) is 20.8 Å². The molecule has 3 atom stereocenters. The molecule has 12 heteroatoms. The average Bonchev–Trinajstić information content (AvgIpc) is 3.13. The Kier molecular flexibility index (Phi) is 6.95. The highest BCUT2D eigenvalue weighted by Gasteiger charge is 2.42. The van der Waals surface area contributed by atoms with Crippen molar-refractivity contribution in [1.82, 2.24) is 18.5 Å². The van der Waals surface area contributed by atoms with Crippen LogP contribution in [-0.4, -0.2) is 53.1 Å². The van der Waals surface area contributed by atoms with Gasteiger partial charge in [0, 0.05) is 32.0 Å². The monoisotopic (exact) mass is 398 g/mol. The fraction of sp³-hybridized carbons (Fsp3) is 0.846. The number of hydrogen-bond acceptors (Lipinski definition) is 6. The zero-order valence-corrected chi connectivity index (χ0v) is 16.6. The highest BCUT2D eigenvalue weighted by molar-refractivity contribution is 7.88. The summed E-state index contributed by atoms with van der Waals surface area (Å²) in [6.07, 6.45) is 0.856. The van der Waals surface area contributed by atoms with Crippen molar-refractivity contribution in [3.63, 3.8) is 0 Å². The van der Waals surface area contributed by atoms with Crippen molar-refractivity contribution in [2.45, 2.75) is 39.7 Å². The van der Waals surface area contributed by atoms with E-state index in [4.69, 9.17) is 0 Å². The van der Waals surface area contributed by atoms with Crippen LogP contribution in [0.25, 0.3) is 0 Å². The fourth-order valence-corrected chi connectivity index (χ4v) is 3.90. The molecule has 0 aromatic rings. The van der Waals surface area contributed by atoms with Crippen LogP contribution in [0.1, 0.15) is 33.6 Å². The average molecular weight is 399 g/mol. The van der Waals surface area contributed by atoms with Crippen LogP contribution in [0.15, 0.2) is 0 Å². The predicted molar refractivity (Wildman–Crippen MR) is 91.5 cm³/mol. The van der Waals surface area contributed by atoms with Gasteiger partial charge in [0.05, 0.1) is 0 Å². The number of amides is 2. The van der Waals surface area contributed by atoms with E-state index in [0.717, 1.165) is 4.31 Å². The third-order valence-electron chi connectivity index (χ3n) is 3.80. The molecule has 1 aliphatic carbocycles. The molecule has 0 aromatic carbocycles. The van der Waals surface area contributed by atoms with Gasteiger partial charge in [-0.05, 0) is 18.8 Å². The second-order valence-electron chi connectivity index (χ2n) is 6.74. The number of rotatable bonds is 9. The number of hydrogen-bond donors (Lipinski definition) is 3. The molecule has 0 spiro atoms. The minimum Gasteiger partial charge on any atom is -0.274 e. The highest BCUT2D eigenvalue weighted by atomic mass is 32.2. The molecule has 3 unspecified atom stereocenters. The molecule has 2 amide bonds. The second kappa shape index (κ2) is 7.98. The van der Waals surface area contributed by atoms with E-state index >= 15 is 0 Å². The summed E-state index contributed by atoms with van der Waals surface area (Å²) in [6, 6.07) is -0.377. The largest absolute Gasteiger partial charge is 0.303 e. The van der Waals surface area contributed by atoms with Gasteiger partial charge in [0.2, 0.25) is 11.8 Å². The topological polar surface area (TPSA) is 142 Å². The van der Waals surface area contributed by atoms with Crippen LogP contribution in [0, 0.1) is 17.8 Å². The van der Waals surface area contributed by atoms with Crippen molar-refractivity contribution in [3.8, 4) is 0 Å². The Morgan fingerprint density at radius 1 is 1.04 bits per heavy atom. The minimum atomic E-state index is -3.94. The quantitative estimate of drug-likeness (QED) is 0.451. The summed E-state index contributed by atoms with van der Waals surface area (Å²) < 4.78 is 54.0. The molecular formula is C13H26N4O6S2. The first-order valence-corrected chi connectivity index (χ1v) is 10.8. The van der Waals surface area contributed by atoms with Gasteiger partial charge in [-0.25, -0.2) is 9.44 Å². The molecule has 1 saturated carbocycles. The Hall–Kier alpha value is -1.24. The lowest BCUT2D eigenvalue weighted by atomic mass is 10.0. The van der Waals surface area contributed by atoms with Crippen molar-refractivity contribution in [3.05, 3.63) is 0 Å². The molecule has 0 radical (unpaired) electrons. The molecule has 146 valence electrons. The van der Waals surface area contributed by atoms with E-state index in [1.807, 2.05) is 9.44 Å². The summed E-state index contributed by atoms with van der Waals surface area (Å²) in [5.74, 6) is -2.40. The van der Waals surface area contributed by atoms with Crippen molar-refractivity contribution < 1.29 is 26.4 Å². The van der Waals surface area contributed by atoms with Gasteiger partial charge < -0.3 is 0 Å². The van der Waals surface area contributed by atoms with E-state index in [1.165, 1.54) is 14.1 Å². The fourth-order valence-electron chi connectivity index (χ4n) is 2.01. The van der Waals surface area contributed by atoms with Crippen LogP contribution in [0.5, 0.6) is 0 Å². The van der Waals surface area contributed by atoms with E-state index in [-0.39, 0.29) is 12.0 Å². The number of nitrogens with zero attached hydrogens (tertiary/aromatic N) is 1. The molecular weight excluding hydrogens is 372 g/mol. The van der Waals surface area contributed by atoms with Crippen LogP contribution in [0.3, 0.4) is 0 Å². The molecule has 3 N–H and O–H groups in total. The van der Waals surface area contributed by atoms with Gasteiger partial charge in [0.15, 0.2) is 0 Å². The molecule has 0 heterocycles. The van der Waals surface area contributed by atoms with E-state index in [1.54, 1.807) is 20.8 Å². The third-order valence-corrected chi connectivity index (χ3v) is 6.31. The molecule has 10 nitrogen and oxygen atoms in total. The summed E-state index contributed by atoms with van der Waals surface area (Å²) in [7, 11) is -5.19. The number of carbonyl (C=O) groups is 2. The van der Waals surface area contributed by atoms with Crippen molar-refractivity contribution >= 4 is 32.2 Å². The van der Waals surface area contributed by atoms with Crippen LogP contribution >= 0.6 is 0 Å². The SMILES string of the molecule is CC(C)C(=O)NS(=O)(=O)NC1CC1CC(C)C(=O)NS(=O)(=O)N(C)C. The molecule has 1 rings (SSSR count). The molecule has 0 saturated heterocycles. The molecule has 1 fully saturated rings. The van der Waals surface area contributed by atoms with Gasteiger partial charge >= 0.3 is 20.4 Å². The van der Waals surface area contributed by atoms with Crippen LogP contribution in [-0.2, 0) is 30.0 Å². The van der Waals surface area contributed by atoms with E-state index < -0.39 is 44.1 Å². The Morgan fingerprint density at radius 2 is 1.60 bits per heavy atom. The van der Waals surface area contributed by atoms with E-state index in [9.17, 15) is 26.4 Å². The summed E-state index contributed by atoms with van der Waals surface area (Å²) in [4.78, 5) is 23.4. The van der Waals surface area contributed by atoms with E-state index in [0.29, 0.717) is 12.8 Å². The first kappa shape index (κ1) is 21.8. The van der Waals surface area contributed by atoms with Gasteiger partial charge in [-0.3, -0.25) is 9.59 Å². The Balaban J connectivity index is 2.49. The summed E-state index contributed by atoms with van der Waals surface area (Å²) in [5, 5.41) is 0. The predicted octanol–water partition coefficient (Wildman–Crippen LogP) is -1.07. The molecule has 0 aromatic heterocycles. The number of carbonyl (C=O) groups excluding carboxylic acids is 2. The van der Waals surface area contributed by atoms with E-state index in [2.05, 4.69) is 4.72 Å². The molecule has 25 heavy (non-hydrogen) atoms. The molecule has 0 bridgehead atoms. The lowest BCUT2D eigenvalue weighted by Gasteiger charge is -2.16. The Bertz CT molecular complexity index is 717. The zero-order chi connectivity index (χ0) is 19.6. The van der Waals surface area contributed by atoms with Crippen molar-refractivity contribution in [2.75, 3.05) is 14.1 Å². The highest BCUT2D eigenvalue weighted by Crippen LogP contribution is 2.36.